The second-order valence-electron chi connectivity index (χ2n) is 7.26. The molecule has 1 N–H and O–H groups in total. The van der Waals surface area contributed by atoms with Crippen molar-refractivity contribution < 1.29 is 14.0 Å². The van der Waals surface area contributed by atoms with Crippen LogP contribution >= 0.6 is 0 Å². The molecule has 1 spiro atoms. The number of amides is 2. The van der Waals surface area contributed by atoms with Crippen LogP contribution in [0.5, 0.6) is 0 Å². The number of carbonyl (C=O) groups is 2. The van der Waals surface area contributed by atoms with Crippen molar-refractivity contribution in [1.82, 2.24) is 10.2 Å². The summed E-state index contributed by atoms with van der Waals surface area (Å²) in [6.07, 6.45) is 6.89. The third-order valence-electron chi connectivity index (χ3n) is 5.77. The molecule has 0 radical (unpaired) electrons. The maximum absolute atomic E-state index is 13.0. The van der Waals surface area contributed by atoms with Crippen LogP contribution in [0.4, 0.5) is 0 Å². The van der Waals surface area contributed by atoms with E-state index in [-0.39, 0.29) is 23.3 Å². The van der Waals surface area contributed by atoms with E-state index in [1.165, 1.54) is 18.2 Å². The van der Waals surface area contributed by atoms with Gasteiger partial charge in [-0.25, -0.2) is 0 Å². The fourth-order valence-electron chi connectivity index (χ4n) is 4.57. The number of benzene rings is 1. The van der Waals surface area contributed by atoms with Crippen molar-refractivity contribution in [3.8, 4) is 0 Å². The van der Waals surface area contributed by atoms with E-state index in [4.69, 9.17) is 4.42 Å². The highest BCUT2D eigenvalue weighted by molar-refractivity contribution is 5.92. The number of carbonyl (C=O) groups excluding carboxylic acids is 2. The van der Waals surface area contributed by atoms with Crippen LogP contribution in [0.2, 0.25) is 0 Å². The Morgan fingerprint density at radius 2 is 1.88 bits per heavy atom. The van der Waals surface area contributed by atoms with E-state index in [1.807, 2.05) is 23.1 Å². The minimum Gasteiger partial charge on any atom is -0.459 e. The molecule has 1 atom stereocenters. The SMILES string of the molecule is O=C(NCCN1C(=O)C2(CCCCC2)C1c1ccccc1)c1ccco1. The molecular weight excluding hydrogens is 328 g/mol. The summed E-state index contributed by atoms with van der Waals surface area (Å²) < 4.78 is 5.10. The molecule has 1 aliphatic heterocycles. The van der Waals surface area contributed by atoms with Crippen LogP contribution in [0.1, 0.15) is 54.3 Å². The molecule has 0 bridgehead atoms. The van der Waals surface area contributed by atoms with Gasteiger partial charge in [-0.3, -0.25) is 9.59 Å². The van der Waals surface area contributed by atoms with Gasteiger partial charge >= 0.3 is 0 Å². The van der Waals surface area contributed by atoms with E-state index in [0.29, 0.717) is 18.8 Å². The smallest absolute Gasteiger partial charge is 0.287 e. The van der Waals surface area contributed by atoms with Gasteiger partial charge in [0.25, 0.3) is 5.91 Å². The zero-order valence-corrected chi connectivity index (χ0v) is 14.8. The van der Waals surface area contributed by atoms with Crippen molar-refractivity contribution in [1.29, 1.82) is 0 Å². The summed E-state index contributed by atoms with van der Waals surface area (Å²) in [6, 6.07) is 13.7. The quantitative estimate of drug-likeness (QED) is 0.837. The molecule has 2 heterocycles. The lowest BCUT2D eigenvalue weighted by molar-refractivity contribution is -0.178. The van der Waals surface area contributed by atoms with Crippen LogP contribution in [0.15, 0.2) is 53.1 Å². The topological polar surface area (TPSA) is 62.6 Å². The van der Waals surface area contributed by atoms with Gasteiger partial charge in [-0.1, -0.05) is 49.6 Å². The van der Waals surface area contributed by atoms with Crippen molar-refractivity contribution in [2.24, 2.45) is 5.41 Å². The number of nitrogens with zero attached hydrogens (tertiary/aromatic N) is 1. The Labute approximate surface area is 153 Å². The van der Waals surface area contributed by atoms with E-state index in [1.54, 1.807) is 12.1 Å². The molecule has 1 aromatic heterocycles. The fourth-order valence-corrected chi connectivity index (χ4v) is 4.57. The first kappa shape index (κ1) is 16.9. The Hall–Kier alpha value is -2.56. The zero-order chi connectivity index (χ0) is 18.0. The highest BCUT2D eigenvalue weighted by Crippen LogP contribution is 2.57. The van der Waals surface area contributed by atoms with Gasteiger partial charge in [0, 0.05) is 13.1 Å². The third-order valence-corrected chi connectivity index (χ3v) is 5.77. The largest absolute Gasteiger partial charge is 0.459 e. The summed E-state index contributed by atoms with van der Waals surface area (Å²) >= 11 is 0. The molecule has 1 saturated carbocycles. The number of nitrogens with one attached hydrogen (secondary N) is 1. The first-order valence-electron chi connectivity index (χ1n) is 9.40. The van der Waals surface area contributed by atoms with E-state index >= 15 is 0 Å². The van der Waals surface area contributed by atoms with Crippen molar-refractivity contribution in [3.63, 3.8) is 0 Å². The Kier molecular flexibility index (Phi) is 4.53. The number of hydrogen-bond donors (Lipinski definition) is 1. The number of hydrogen-bond acceptors (Lipinski definition) is 3. The number of furan rings is 1. The average Bonchev–Trinajstić information content (AvgIpc) is 3.23. The molecule has 1 unspecified atom stereocenters. The van der Waals surface area contributed by atoms with Crippen LogP contribution in [-0.2, 0) is 4.79 Å². The van der Waals surface area contributed by atoms with E-state index in [2.05, 4.69) is 17.4 Å². The Bertz CT molecular complexity index is 764. The van der Waals surface area contributed by atoms with Gasteiger partial charge in [0.15, 0.2) is 5.76 Å². The second kappa shape index (κ2) is 6.98. The van der Waals surface area contributed by atoms with Crippen molar-refractivity contribution in [2.75, 3.05) is 13.1 Å². The molecule has 1 aliphatic carbocycles. The van der Waals surface area contributed by atoms with E-state index in [0.717, 1.165) is 25.7 Å². The lowest BCUT2D eigenvalue weighted by atomic mass is 9.60. The lowest BCUT2D eigenvalue weighted by Gasteiger charge is -2.58. The van der Waals surface area contributed by atoms with Gasteiger partial charge in [0.2, 0.25) is 5.91 Å². The number of rotatable bonds is 5. The fraction of sp³-hybridized carbons (Fsp3) is 0.429. The molecule has 1 aromatic carbocycles. The predicted molar refractivity (Wildman–Crippen MR) is 97.5 cm³/mol. The van der Waals surface area contributed by atoms with Crippen molar-refractivity contribution >= 4 is 11.8 Å². The van der Waals surface area contributed by atoms with Crippen molar-refractivity contribution in [3.05, 3.63) is 60.1 Å². The van der Waals surface area contributed by atoms with Crippen LogP contribution in [-0.4, -0.2) is 29.8 Å². The van der Waals surface area contributed by atoms with Crippen LogP contribution in [0.25, 0.3) is 0 Å². The van der Waals surface area contributed by atoms with Gasteiger partial charge in [0.1, 0.15) is 0 Å². The molecule has 2 amide bonds. The molecule has 1 saturated heterocycles. The van der Waals surface area contributed by atoms with Crippen molar-refractivity contribution in [2.45, 2.75) is 38.1 Å². The average molecular weight is 352 g/mol. The molecule has 5 heteroatoms. The monoisotopic (exact) mass is 352 g/mol. The molecule has 2 aliphatic rings. The summed E-state index contributed by atoms with van der Waals surface area (Å²) in [5.41, 5.74) is 0.969. The normalized spacial score (nSPS) is 21.5. The van der Waals surface area contributed by atoms with Gasteiger partial charge in [-0.05, 0) is 30.5 Å². The van der Waals surface area contributed by atoms with Crippen LogP contribution in [0, 0.1) is 5.41 Å². The first-order valence-corrected chi connectivity index (χ1v) is 9.40. The number of likely N-dealkylation sites (tertiary alicyclic amines) is 1. The summed E-state index contributed by atoms with van der Waals surface area (Å²) in [7, 11) is 0. The summed E-state index contributed by atoms with van der Waals surface area (Å²) in [5.74, 6) is 0.299. The second-order valence-corrected chi connectivity index (χ2v) is 7.26. The summed E-state index contributed by atoms with van der Waals surface area (Å²) in [6.45, 7) is 0.942. The number of β-lactam (4-membered cyclic amide) rings is 1. The minimum absolute atomic E-state index is 0.122. The molecule has 4 rings (SSSR count). The summed E-state index contributed by atoms with van der Waals surface area (Å²) in [5, 5.41) is 2.84. The van der Waals surface area contributed by atoms with Gasteiger partial charge in [-0.2, -0.15) is 0 Å². The Morgan fingerprint density at radius 1 is 1.12 bits per heavy atom. The standard InChI is InChI=1S/C21H24N2O3/c24-19(17-10-7-15-26-17)22-13-14-23-18(16-8-3-1-4-9-16)21(20(23)25)11-5-2-6-12-21/h1,3-4,7-10,15,18H,2,5-6,11-14H2,(H,22,24). The first-order chi connectivity index (χ1) is 12.7. The Morgan fingerprint density at radius 3 is 2.58 bits per heavy atom. The maximum Gasteiger partial charge on any atom is 0.287 e. The minimum atomic E-state index is -0.244. The van der Waals surface area contributed by atoms with Gasteiger partial charge in [-0.15, -0.1) is 0 Å². The van der Waals surface area contributed by atoms with Gasteiger partial charge in [0.05, 0.1) is 17.7 Å². The lowest BCUT2D eigenvalue weighted by Crippen LogP contribution is -2.64. The third kappa shape index (κ3) is 2.81. The van der Waals surface area contributed by atoms with Gasteiger partial charge < -0.3 is 14.6 Å². The highest BCUT2D eigenvalue weighted by Gasteiger charge is 2.60. The molecule has 2 aromatic rings. The van der Waals surface area contributed by atoms with E-state index in [9.17, 15) is 9.59 Å². The molecule has 5 nitrogen and oxygen atoms in total. The Balaban J connectivity index is 1.46. The van der Waals surface area contributed by atoms with Crippen LogP contribution in [0.3, 0.4) is 0 Å². The zero-order valence-electron chi connectivity index (χ0n) is 14.8. The van der Waals surface area contributed by atoms with Crippen LogP contribution < -0.4 is 5.32 Å². The maximum atomic E-state index is 13.0. The summed E-state index contributed by atoms with van der Waals surface area (Å²) in [4.78, 5) is 27.0. The molecule has 2 fully saturated rings. The molecule has 136 valence electrons. The highest BCUT2D eigenvalue weighted by atomic mass is 16.3. The predicted octanol–water partition coefficient (Wildman–Crippen LogP) is 3.54. The molecular formula is C21H24N2O3. The molecule has 26 heavy (non-hydrogen) atoms. The van der Waals surface area contributed by atoms with E-state index < -0.39 is 0 Å².